The van der Waals surface area contributed by atoms with E-state index in [1.807, 2.05) is 0 Å². The van der Waals surface area contributed by atoms with Gasteiger partial charge in [0.15, 0.2) is 0 Å². The van der Waals surface area contributed by atoms with E-state index in [0.717, 1.165) is 0 Å². The zero-order valence-electron chi connectivity index (χ0n) is 7.51. The van der Waals surface area contributed by atoms with Crippen LogP contribution in [0, 0.1) is 23.7 Å². The molecule has 0 aromatic rings. The Labute approximate surface area is 95.3 Å². The van der Waals surface area contributed by atoms with Gasteiger partial charge < -0.3 is 17.0 Å². The van der Waals surface area contributed by atoms with Crippen LogP contribution >= 0.6 is 0 Å². The van der Waals surface area contributed by atoms with Crippen molar-refractivity contribution in [3.8, 4) is 0 Å². The molecule has 0 spiro atoms. The van der Waals surface area contributed by atoms with Gasteiger partial charge in [0.05, 0.1) is 0 Å². The summed E-state index contributed by atoms with van der Waals surface area (Å²) in [6, 6.07) is 0. The average Bonchev–Trinajstić information content (AvgIpc) is 1.98. The quantitative estimate of drug-likeness (QED) is 0.538. The van der Waals surface area contributed by atoms with Crippen molar-refractivity contribution in [2.45, 2.75) is 36.6 Å². The van der Waals surface area contributed by atoms with Gasteiger partial charge in [0.2, 0.25) is 0 Å². The SMILES string of the molecule is [Br-].[Zn+][CH]1C2CC3CC(C2)CC1C3. The summed E-state index contributed by atoms with van der Waals surface area (Å²) in [5.41, 5.74) is 0. The summed E-state index contributed by atoms with van der Waals surface area (Å²) in [5, 5.41) is 0. The van der Waals surface area contributed by atoms with Crippen LogP contribution in [0.3, 0.4) is 0 Å². The molecule has 64 valence electrons. The predicted octanol–water partition coefficient (Wildman–Crippen LogP) is -0.218. The van der Waals surface area contributed by atoms with Crippen molar-refractivity contribution in [3.63, 3.8) is 0 Å². The Morgan fingerprint density at radius 1 is 0.750 bits per heavy atom. The Hall–Kier alpha value is 1.10. The normalized spacial score (nSPS) is 55.3. The number of halogens is 1. The molecule has 4 saturated carbocycles. The van der Waals surface area contributed by atoms with E-state index in [0.29, 0.717) is 0 Å². The first kappa shape index (κ1) is 9.65. The van der Waals surface area contributed by atoms with E-state index >= 15 is 0 Å². The molecule has 4 fully saturated rings. The van der Waals surface area contributed by atoms with E-state index in [-0.39, 0.29) is 17.0 Å². The molecule has 0 aromatic carbocycles. The monoisotopic (exact) mass is 278 g/mol. The van der Waals surface area contributed by atoms with Crippen LogP contribution in [0.25, 0.3) is 0 Å². The van der Waals surface area contributed by atoms with Crippen molar-refractivity contribution in [2.24, 2.45) is 23.7 Å². The van der Waals surface area contributed by atoms with Crippen molar-refractivity contribution in [1.29, 1.82) is 0 Å². The van der Waals surface area contributed by atoms with E-state index < -0.39 is 0 Å². The zero-order valence-corrected chi connectivity index (χ0v) is 12.1. The van der Waals surface area contributed by atoms with Crippen molar-refractivity contribution in [1.82, 2.24) is 0 Å². The molecule has 4 rings (SSSR count). The summed E-state index contributed by atoms with van der Waals surface area (Å²) in [7, 11) is 0. The third kappa shape index (κ3) is 1.34. The van der Waals surface area contributed by atoms with E-state index in [4.69, 9.17) is 0 Å². The molecule has 12 heavy (non-hydrogen) atoms. The molecule has 0 radical (unpaired) electrons. The summed E-state index contributed by atoms with van der Waals surface area (Å²) < 4.78 is 1.21. The van der Waals surface area contributed by atoms with Crippen LogP contribution in [0.1, 0.15) is 32.1 Å². The van der Waals surface area contributed by atoms with Gasteiger partial charge in [0.1, 0.15) is 0 Å². The molecule has 0 saturated heterocycles. The molecule has 0 heterocycles. The van der Waals surface area contributed by atoms with Crippen LogP contribution in [0.4, 0.5) is 0 Å². The first-order chi connectivity index (χ1) is 5.33. The molecule has 0 N–H and O–H groups in total. The third-order valence-corrected chi connectivity index (χ3v) is 7.22. The second-order valence-corrected chi connectivity index (χ2v) is 7.07. The van der Waals surface area contributed by atoms with Gasteiger partial charge in [0.25, 0.3) is 0 Å². The fourth-order valence-electron chi connectivity index (χ4n) is 4.04. The van der Waals surface area contributed by atoms with E-state index in [1.54, 1.807) is 50.4 Å². The van der Waals surface area contributed by atoms with E-state index in [2.05, 4.69) is 0 Å². The van der Waals surface area contributed by atoms with Gasteiger partial charge in [-0.3, -0.25) is 0 Å². The summed E-state index contributed by atoms with van der Waals surface area (Å²) in [6.45, 7) is 0. The number of rotatable bonds is 0. The second kappa shape index (κ2) is 3.35. The molecule has 4 bridgehead atoms. The first-order valence-corrected chi connectivity index (χ1v) is 6.87. The number of hydrogen-bond acceptors (Lipinski definition) is 0. The van der Waals surface area contributed by atoms with Crippen LogP contribution in [-0.4, -0.2) is 0 Å². The molecule has 0 amide bonds. The summed E-state index contributed by atoms with van der Waals surface area (Å²) >= 11 is 1.59. The Balaban J connectivity index is 0.000000563. The maximum atomic E-state index is 1.62. The molecule has 0 unspecified atom stereocenters. The molecular formula is C10H15BrZn. The molecule has 0 aliphatic heterocycles. The maximum absolute atomic E-state index is 1.62. The summed E-state index contributed by atoms with van der Waals surface area (Å²) in [5.74, 6) is 4.76. The summed E-state index contributed by atoms with van der Waals surface area (Å²) in [6.07, 6.45) is 8.10. The van der Waals surface area contributed by atoms with Gasteiger partial charge in [-0.25, -0.2) is 0 Å². The second-order valence-electron chi connectivity index (χ2n) is 5.09. The van der Waals surface area contributed by atoms with Crippen LogP contribution < -0.4 is 17.0 Å². The van der Waals surface area contributed by atoms with Gasteiger partial charge in [-0.15, -0.1) is 0 Å². The minimum atomic E-state index is 0. The van der Waals surface area contributed by atoms with Gasteiger partial charge >= 0.3 is 78.6 Å². The van der Waals surface area contributed by atoms with Crippen molar-refractivity contribution >= 4 is 0 Å². The standard InChI is InChI=1S/C10H15.BrH.Zn/c1-7-2-9-4-8(1)5-10(3-7)6-9;;/h1,7-10H,2-6H2;1H;/q;;+1/p-1. The third-order valence-electron chi connectivity index (χ3n) is 4.42. The molecule has 2 heteroatoms. The van der Waals surface area contributed by atoms with Crippen LogP contribution in [0.15, 0.2) is 0 Å². The first-order valence-electron chi connectivity index (χ1n) is 5.16. The molecule has 4 aliphatic rings. The van der Waals surface area contributed by atoms with Gasteiger partial charge in [-0.05, 0) is 0 Å². The minimum absolute atomic E-state index is 0. The topological polar surface area (TPSA) is 0 Å². The Kier molecular flexibility index (Phi) is 2.69. The fourth-order valence-corrected chi connectivity index (χ4v) is 5.65. The van der Waals surface area contributed by atoms with E-state index in [9.17, 15) is 0 Å². The molecular weight excluding hydrogens is 265 g/mol. The summed E-state index contributed by atoms with van der Waals surface area (Å²) in [4.78, 5) is 0. The van der Waals surface area contributed by atoms with Gasteiger partial charge in [0, 0.05) is 0 Å². The van der Waals surface area contributed by atoms with Crippen molar-refractivity contribution in [3.05, 3.63) is 0 Å². The molecule has 0 atom stereocenters. The van der Waals surface area contributed by atoms with Crippen molar-refractivity contribution in [2.75, 3.05) is 0 Å². The van der Waals surface area contributed by atoms with Gasteiger partial charge in [-0.2, -0.15) is 0 Å². The van der Waals surface area contributed by atoms with Gasteiger partial charge in [-0.1, -0.05) is 0 Å². The number of hydrogen-bond donors (Lipinski definition) is 0. The molecule has 4 aliphatic carbocycles. The molecule has 0 nitrogen and oxygen atoms in total. The van der Waals surface area contributed by atoms with Crippen molar-refractivity contribution < 1.29 is 35.3 Å². The van der Waals surface area contributed by atoms with Crippen LogP contribution in [0.2, 0.25) is 4.51 Å². The molecule has 0 aromatic heterocycles. The zero-order chi connectivity index (χ0) is 7.42. The average molecular weight is 281 g/mol. The predicted molar refractivity (Wildman–Crippen MR) is 40.8 cm³/mol. The van der Waals surface area contributed by atoms with E-state index in [1.165, 1.54) is 28.2 Å². The fraction of sp³-hybridized carbons (Fsp3) is 1.00. The Morgan fingerprint density at radius 3 is 1.58 bits per heavy atom. The van der Waals surface area contributed by atoms with Crippen LogP contribution in [-0.2, 0) is 18.3 Å². The Morgan fingerprint density at radius 2 is 1.17 bits per heavy atom. The van der Waals surface area contributed by atoms with Crippen LogP contribution in [0.5, 0.6) is 0 Å². The Bertz CT molecular complexity index is 153.